The molecule has 0 fully saturated rings. The molecule has 0 radical (unpaired) electrons. The van der Waals surface area contributed by atoms with E-state index >= 15 is 0 Å². The van der Waals surface area contributed by atoms with Gasteiger partial charge in [0, 0.05) is 6.42 Å². The molecular formula is C24H24N2O2S. The number of para-hydroxylation sites is 1. The number of rotatable bonds is 8. The Bertz CT molecular complexity index is 862. The molecule has 0 unspecified atom stereocenters. The average molecular weight is 405 g/mol. The molecule has 148 valence electrons. The van der Waals surface area contributed by atoms with Crippen LogP contribution in [0.3, 0.4) is 0 Å². The summed E-state index contributed by atoms with van der Waals surface area (Å²) in [4.78, 5) is 12.2. The van der Waals surface area contributed by atoms with Crippen LogP contribution in [0.4, 0.5) is 0 Å². The molecule has 0 saturated carbocycles. The molecular weight excluding hydrogens is 380 g/mol. The number of carbonyl (C=O) groups excluding carboxylic acids is 1. The van der Waals surface area contributed by atoms with Gasteiger partial charge in [0.1, 0.15) is 5.75 Å². The lowest BCUT2D eigenvalue weighted by Gasteiger charge is -2.21. The Hall–Kier alpha value is -3.18. The van der Waals surface area contributed by atoms with E-state index in [0.717, 1.165) is 16.9 Å². The Balaban J connectivity index is 1.50. The fourth-order valence-electron chi connectivity index (χ4n) is 2.95. The van der Waals surface area contributed by atoms with E-state index in [2.05, 4.69) is 10.6 Å². The maximum absolute atomic E-state index is 12.2. The van der Waals surface area contributed by atoms with Crippen LogP contribution in [0.1, 0.15) is 30.0 Å². The molecule has 0 heterocycles. The molecule has 3 aromatic rings. The van der Waals surface area contributed by atoms with Crippen LogP contribution in [0.25, 0.3) is 0 Å². The van der Waals surface area contributed by atoms with Crippen molar-refractivity contribution in [2.45, 2.75) is 18.9 Å². The van der Waals surface area contributed by atoms with Crippen LogP contribution in [0, 0.1) is 0 Å². The van der Waals surface area contributed by atoms with Crippen molar-refractivity contribution in [1.29, 1.82) is 0 Å². The van der Waals surface area contributed by atoms with Crippen LogP contribution in [0.15, 0.2) is 91.0 Å². The summed E-state index contributed by atoms with van der Waals surface area (Å²) in [5.41, 5.74) is 2.15. The third-order valence-electron chi connectivity index (χ3n) is 4.35. The zero-order valence-electron chi connectivity index (χ0n) is 16.1. The van der Waals surface area contributed by atoms with Gasteiger partial charge in [-0.3, -0.25) is 4.79 Å². The molecule has 0 spiro atoms. The smallest absolute Gasteiger partial charge is 0.226 e. The van der Waals surface area contributed by atoms with E-state index in [-0.39, 0.29) is 11.9 Å². The molecule has 0 aliphatic carbocycles. The molecule has 3 rings (SSSR count). The van der Waals surface area contributed by atoms with E-state index in [0.29, 0.717) is 24.6 Å². The van der Waals surface area contributed by atoms with Gasteiger partial charge < -0.3 is 15.4 Å². The predicted molar refractivity (Wildman–Crippen MR) is 120 cm³/mol. The van der Waals surface area contributed by atoms with E-state index in [9.17, 15) is 4.79 Å². The number of thiocarbonyl (C=S) groups is 1. The molecule has 0 saturated heterocycles. The Morgan fingerprint density at radius 3 is 1.90 bits per heavy atom. The zero-order chi connectivity index (χ0) is 20.3. The molecule has 4 nitrogen and oxygen atoms in total. The highest BCUT2D eigenvalue weighted by Crippen LogP contribution is 2.21. The van der Waals surface area contributed by atoms with E-state index < -0.39 is 0 Å². The summed E-state index contributed by atoms with van der Waals surface area (Å²) in [6.07, 6.45) is 0.958. The van der Waals surface area contributed by atoms with Gasteiger partial charge in [0.15, 0.2) is 5.11 Å². The van der Waals surface area contributed by atoms with Gasteiger partial charge in [0.25, 0.3) is 0 Å². The van der Waals surface area contributed by atoms with E-state index in [1.54, 1.807) is 0 Å². The molecule has 0 aliphatic heterocycles. The van der Waals surface area contributed by atoms with Gasteiger partial charge in [0.2, 0.25) is 5.91 Å². The van der Waals surface area contributed by atoms with Crippen molar-refractivity contribution in [3.63, 3.8) is 0 Å². The van der Waals surface area contributed by atoms with Gasteiger partial charge in [-0.25, -0.2) is 0 Å². The first-order valence-electron chi connectivity index (χ1n) is 9.60. The molecule has 29 heavy (non-hydrogen) atoms. The Labute approximate surface area is 176 Å². The molecule has 0 atom stereocenters. The fourth-order valence-corrected chi connectivity index (χ4v) is 3.18. The molecule has 1 amide bonds. The summed E-state index contributed by atoms with van der Waals surface area (Å²) in [7, 11) is 0. The maximum atomic E-state index is 12.2. The van der Waals surface area contributed by atoms with Gasteiger partial charge in [-0.1, -0.05) is 78.9 Å². The van der Waals surface area contributed by atoms with E-state index in [1.165, 1.54) is 0 Å². The van der Waals surface area contributed by atoms with Crippen molar-refractivity contribution in [2.75, 3.05) is 6.61 Å². The van der Waals surface area contributed by atoms with Gasteiger partial charge in [0.05, 0.1) is 12.6 Å². The minimum Gasteiger partial charge on any atom is -0.494 e. The SMILES string of the molecule is O=C(CCCOc1ccccc1)NC(=S)NC(c1ccccc1)c1ccccc1. The van der Waals surface area contributed by atoms with E-state index in [1.807, 2.05) is 91.0 Å². The summed E-state index contributed by atoms with van der Waals surface area (Å²) >= 11 is 5.39. The Morgan fingerprint density at radius 2 is 1.34 bits per heavy atom. The van der Waals surface area contributed by atoms with Crippen LogP contribution in [-0.4, -0.2) is 17.6 Å². The highest BCUT2D eigenvalue weighted by molar-refractivity contribution is 7.80. The molecule has 0 aliphatic rings. The van der Waals surface area contributed by atoms with Crippen LogP contribution >= 0.6 is 12.2 Å². The second-order valence-corrected chi connectivity index (χ2v) is 6.95. The molecule has 2 N–H and O–H groups in total. The van der Waals surface area contributed by atoms with Crippen LogP contribution in [-0.2, 0) is 4.79 Å². The zero-order valence-corrected chi connectivity index (χ0v) is 16.9. The maximum Gasteiger partial charge on any atom is 0.226 e. The fraction of sp³-hybridized carbons (Fsp3) is 0.167. The van der Waals surface area contributed by atoms with Gasteiger partial charge in [-0.05, 0) is 41.9 Å². The number of benzene rings is 3. The third-order valence-corrected chi connectivity index (χ3v) is 4.57. The summed E-state index contributed by atoms with van der Waals surface area (Å²) in [6, 6.07) is 29.5. The number of amides is 1. The Morgan fingerprint density at radius 1 is 0.828 bits per heavy atom. The summed E-state index contributed by atoms with van der Waals surface area (Å²) in [5, 5.41) is 6.36. The highest BCUT2D eigenvalue weighted by Gasteiger charge is 2.15. The topological polar surface area (TPSA) is 50.4 Å². The first-order chi connectivity index (χ1) is 14.2. The first-order valence-corrected chi connectivity index (χ1v) is 10.0. The van der Waals surface area contributed by atoms with Crippen LogP contribution in [0.5, 0.6) is 5.75 Å². The number of ether oxygens (including phenoxy) is 1. The average Bonchev–Trinajstić information content (AvgIpc) is 2.77. The largest absolute Gasteiger partial charge is 0.494 e. The molecule has 3 aromatic carbocycles. The second-order valence-electron chi connectivity index (χ2n) is 6.54. The minimum absolute atomic E-state index is 0.126. The number of nitrogens with one attached hydrogen (secondary N) is 2. The van der Waals surface area contributed by atoms with Crippen LogP contribution < -0.4 is 15.4 Å². The number of hydrogen-bond donors (Lipinski definition) is 2. The van der Waals surface area contributed by atoms with Crippen molar-refractivity contribution >= 4 is 23.2 Å². The van der Waals surface area contributed by atoms with E-state index in [4.69, 9.17) is 17.0 Å². The third kappa shape index (κ3) is 6.73. The molecule has 0 bridgehead atoms. The quantitative estimate of drug-likeness (QED) is 0.425. The minimum atomic E-state index is -0.133. The van der Waals surface area contributed by atoms with Gasteiger partial charge in [-0.2, -0.15) is 0 Å². The summed E-state index contributed by atoms with van der Waals surface area (Å²) < 4.78 is 5.61. The normalized spacial score (nSPS) is 10.4. The molecule has 5 heteroatoms. The van der Waals surface area contributed by atoms with Crippen molar-refractivity contribution in [3.8, 4) is 5.75 Å². The van der Waals surface area contributed by atoms with Crippen molar-refractivity contribution in [3.05, 3.63) is 102 Å². The summed E-state index contributed by atoms with van der Waals surface area (Å²) in [5.74, 6) is 0.678. The van der Waals surface area contributed by atoms with Crippen molar-refractivity contribution in [1.82, 2.24) is 10.6 Å². The lowest BCUT2D eigenvalue weighted by atomic mass is 9.99. The monoisotopic (exact) mass is 404 g/mol. The Kier molecular flexibility index (Phi) is 7.78. The standard InChI is InChI=1S/C24H24N2O2S/c27-22(17-10-18-28-21-15-8-3-9-16-21)25-24(29)26-23(19-11-4-1-5-12-19)20-13-6-2-7-14-20/h1-9,11-16,23H,10,17-18H2,(H2,25,26,27,29). The van der Waals surface area contributed by atoms with Gasteiger partial charge in [-0.15, -0.1) is 0 Å². The summed E-state index contributed by atoms with van der Waals surface area (Å²) in [6.45, 7) is 0.480. The van der Waals surface area contributed by atoms with Crippen molar-refractivity contribution in [2.24, 2.45) is 0 Å². The van der Waals surface area contributed by atoms with Gasteiger partial charge >= 0.3 is 0 Å². The second kappa shape index (κ2) is 11.0. The number of carbonyl (C=O) groups is 1. The van der Waals surface area contributed by atoms with Crippen molar-refractivity contribution < 1.29 is 9.53 Å². The lowest BCUT2D eigenvalue weighted by Crippen LogP contribution is -2.41. The first kappa shape index (κ1) is 20.6. The molecule has 0 aromatic heterocycles. The number of hydrogen-bond acceptors (Lipinski definition) is 3. The highest BCUT2D eigenvalue weighted by atomic mass is 32.1. The predicted octanol–water partition coefficient (Wildman–Crippen LogP) is 4.63. The van der Waals surface area contributed by atoms with Crippen LogP contribution in [0.2, 0.25) is 0 Å². The lowest BCUT2D eigenvalue weighted by molar-refractivity contribution is -0.119.